The van der Waals surface area contributed by atoms with Crippen LogP contribution in [0.1, 0.15) is 24.8 Å². The van der Waals surface area contributed by atoms with Crippen molar-refractivity contribution < 1.29 is 13.2 Å². The fourth-order valence-corrected chi connectivity index (χ4v) is 4.46. The molecule has 0 N–H and O–H groups in total. The van der Waals surface area contributed by atoms with Crippen LogP contribution in [0.2, 0.25) is 0 Å². The zero-order chi connectivity index (χ0) is 15.1. The molecule has 3 rings (SSSR count). The second-order valence-electron chi connectivity index (χ2n) is 6.34. The van der Waals surface area contributed by atoms with Crippen molar-refractivity contribution >= 4 is 10.0 Å². The molecule has 2 atom stereocenters. The summed E-state index contributed by atoms with van der Waals surface area (Å²) in [6.45, 7) is 3.60. The molecule has 0 radical (unpaired) electrons. The number of hydrogen-bond donors (Lipinski definition) is 0. The molecule has 1 aromatic rings. The first-order chi connectivity index (χ1) is 9.89. The number of ether oxygens (including phenoxy) is 1. The third kappa shape index (κ3) is 2.89. The van der Waals surface area contributed by atoms with Crippen LogP contribution in [0.25, 0.3) is 0 Å². The van der Waals surface area contributed by atoms with E-state index in [1.54, 1.807) is 16.7 Å². The molecule has 0 aromatic carbocycles. The van der Waals surface area contributed by atoms with Gasteiger partial charge in [0.05, 0.1) is 12.9 Å². The molecule has 2 unspecified atom stereocenters. The lowest BCUT2D eigenvalue weighted by atomic mass is 9.82. The highest BCUT2D eigenvalue weighted by Crippen LogP contribution is 2.49. The Morgan fingerprint density at radius 2 is 2.14 bits per heavy atom. The molecule has 0 spiro atoms. The highest BCUT2D eigenvalue weighted by Gasteiger charge is 2.52. The maximum Gasteiger partial charge on any atom is 0.316 e. The number of aryl methyl sites for hydroxylation is 1. The molecule has 116 valence electrons. The number of nitrogens with zero attached hydrogens (tertiary/aromatic N) is 3. The molecule has 2 aliphatic rings. The topological polar surface area (TPSA) is 72.4 Å². The lowest BCUT2D eigenvalue weighted by Crippen LogP contribution is -2.35. The standard InChI is InChI=1S/C14H21N3O3S/c1-11-6-15-13(16-7-11)20-10-14-5-3-4-12(14)8-17(9-14)21(2,18)19/h6-7,12H,3-5,8-10H2,1-2H3. The third-order valence-electron chi connectivity index (χ3n) is 4.72. The van der Waals surface area contributed by atoms with Crippen LogP contribution in [-0.4, -0.2) is 48.6 Å². The molecular formula is C14H21N3O3S. The average Bonchev–Trinajstić information content (AvgIpc) is 2.94. The summed E-state index contributed by atoms with van der Waals surface area (Å²) in [5.41, 5.74) is 0.917. The van der Waals surface area contributed by atoms with Crippen molar-refractivity contribution in [3.8, 4) is 6.01 Å². The number of rotatable bonds is 4. The molecule has 1 aliphatic carbocycles. The summed E-state index contributed by atoms with van der Waals surface area (Å²) in [6, 6.07) is 0.374. The van der Waals surface area contributed by atoms with Gasteiger partial charge in [0, 0.05) is 30.9 Å². The van der Waals surface area contributed by atoms with Gasteiger partial charge in [-0.15, -0.1) is 0 Å². The second-order valence-corrected chi connectivity index (χ2v) is 8.32. The van der Waals surface area contributed by atoms with Crippen LogP contribution in [0.4, 0.5) is 0 Å². The summed E-state index contributed by atoms with van der Waals surface area (Å²) in [4.78, 5) is 8.31. The maximum absolute atomic E-state index is 11.8. The molecule has 1 saturated carbocycles. The van der Waals surface area contributed by atoms with E-state index in [1.165, 1.54) is 6.26 Å². The minimum absolute atomic E-state index is 0.0721. The van der Waals surface area contributed by atoms with Gasteiger partial charge in [-0.05, 0) is 31.2 Å². The highest BCUT2D eigenvalue weighted by atomic mass is 32.2. The van der Waals surface area contributed by atoms with Crippen molar-refractivity contribution in [3.05, 3.63) is 18.0 Å². The fourth-order valence-electron chi connectivity index (χ4n) is 3.52. The third-order valence-corrected chi connectivity index (χ3v) is 5.94. The molecular weight excluding hydrogens is 290 g/mol. The minimum Gasteiger partial charge on any atom is -0.463 e. The van der Waals surface area contributed by atoms with E-state index in [9.17, 15) is 8.42 Å². The van der Waals surface area contributed by atoms with E-state index in [2.05, 4.69) is 9.97 Å². The number of aromatic nitrogens is 2. The summed E-state index contributed by atoms with van der Waals surface area (Å²) < 4.78 is 30.9. The first-order valence-electron chi connectivity index (χ1n) is 7.26. The molecule has 0 bridgehead atoms. The Morgan fingerprint density at radius 3 is 2.81 bits per heavy atom. The van der Waals surface area contributed by atoms with Crippen LogP contribution < -0.4 is 4.74 Å². The van der Waals surface area contributed by atoms with Crippen LogP contribution in [-0.2, 0) is 10.0 Å². The van der Waals surface area contributed by atoms with Crippen molar-refractivity contribution in [2.24, 2.45) is 11.3 Å². The Bertz CT molecular complexity index is 617. The van der Waals surface area contributed by atoms with Crippen LogP contribution in [0.5, 0.6) is 6.01 Å². The maximum atomic E-state index is 11.8. The summed E-state index contributed by atoms with van der Waals surface area (Å²) in [5, 5.41) is 0. The average molecular weight is 311 g/mol. The molecule has 1 aromatic heterocycles. The van der Waals surface area contributed by atoms with Gasteiger partial charge in [-0.2, -0.15) is 0 Å². The van der Waals surface area contributed by atoms with Crippen molar-refractivity contribution in [2.45, 2.75) is 26.2 Å². The molecule has 1 saturated heterocycles. The predicted octanol–water partition coefficient (Wildman–Crippen LogP) is 1.23. The van der Waals surface area contributed by atoms with Gasteiger partial charge in [-0.25, -0.2) is 22.7 Å². The number of sulfonamides is 1. The Labute approximate surface area is 125 Å². The quantitative estimate of drug-likeness (QED) is 0.836. The number of fused-ring (bicyclic) bond motifs is 1. The van der Waals surface area contributed by atoms with Gasteiger partial charge in [0.25, 0.3) is 0 Å². The minimum atomic E-state index is -3.12. The molecule has 0 amide bonds. The molecule has 21 heavy (non-hydrogen) atoms. The van der Waals surface area contributed by atoms with Crippen LogP contribution in [0.15, 0.2) is 12.4 Å². The van der Waals surface area contributed by atoms with Gasteiger partial charge in [0.2, 0.25) is 10.0 Å². The monoisotopic (exact) mass is 311 g/mol. The highest BCUT2D eigenvalue weighted by molar-refractivity contribution is 7.88. The summed E-state index contributed by atoms with van der Waals surface area (Å²) in [5.74, 6) is 0.387. The Balaban J connectivity index is 1.72. The van der Waals surface area contributed by atoms with Gasteiger partial charge in [0.1, 0.15) is 0 Å². The largest absolute Gasteiger partial charge is 0.463 e. The smallest absolute Gasteiger partial charge is 0.316 e. The van der Waals surface area contributed by atoms with E-state index in [4.69, 9.17) is 4.74 Å². The van der Waals surface area contributed by atoms with Crippen molar-refractivity contribution in [1.29, 1.82) is 0 Å². The Kier molecular flexibility index (Phi) is 3.65. The number of hydrogen-bond acceptors (Lipinski definition) is 5. The van der Waals surface area contributed by atoms with Gasteiger partial charge >= 0.3 is 6.01 Å². The fraction of sp³-hybridized carbons (Fsp3) is 0.714. The van der Waals surface area contributed by atoms with Gasteiger partial charge in [-0.1, -0.05) is 6.42 Å². The zero-order valence-electron chi connectivity index (χ0n) is 12.4. The van der Waals surface area contributed by atoms with E-state index in [0.717, 1.165) is 24.8 Å². The van der Waals surface area contributed by atoms with Crippen molar-refractivity contribution in [1.82, 2.24) is 14.3 Å². The Hall–Kier alpha value is -1.21. The SMILES string of the molecule is Cc1cnc(OCC23CCCC2CN(S(C)(=O)=O)C3)nc1. The summed E-state index contributed by atoms with van der Waals surface area (Å²) in [7, 11) is -3.12. The molecule has 7 heteroatoms. The van der Waals surface area contributed by atoms with Gasteiger partial charge in [0.15, 0.2) is 0 Å². The van der Waals surface area contributed by atoms with E-state index >= 15 is 0 Å². The Morgan fingerprint density at radius 1 is 1.43 bits per heavy atom. The first-order valence-corrected chi connectivity index (χ1v) is 9.10. The molecule has 1 aliphatic heterocycles. The lowest BCUT2D eigenvalue weighted by molar-refractivity contribution is 0.126. The molecule has 2 heterocycles. The first kappa shape index (κ1) is 14.7. The lowest BCUT2D eigenvalue weighted by Gasteiger charge is -2.28. The zero-order valence-corrected chi connectivity index (χ0v) is 13.3. The van der Waals surface area contributed by atoms with Crippen LogP contribution in [0, 0.1) is 18.3 Å². The van der Waals surface area contributed by atoms with E-state index in [1.807, 2.05) is 6.92 Å². The predicted molar refractivity (Wildman–Crippen MR) is 78.5 cm³/mol. The van der Waals surface area contributed by atoms with E-state index in [-0.39, 0.29) is 5.41 Å². The van der Waals surface area contributed by atoms with Gasteiger partial charge < -0.3 is 4.74 Å². The summed E-state index contributed by atoms with van der Waals surface area (Å²) in [6.07, 6.45) is 7.96. The van der Waals surface area contributed by atoms with E-state index in [0.29, 0.717) is 31.6 Å². The van der Waals surface area contributed by atoms with Crippen LogP contribution in [0.3, 0.4) is 0 Å². The molecule has 6 nitrogen and oxygen atoms in total. The van der Waals surface area contributed by atoms with Crippen LogP contribution >= 0.6 is 0 Å². The van der Waals surface area contributed by atoms with Crippen molar-refractivity contribution in [2.75, 3.05) is 26.0 Å². The van der Waals surface area contributed by atoms with Crippen molar-refractivity contribution in [3.63, 3.8) is 0 Å². The van der Waals surface area contributed by atoms with Gasteiger partial charge in [-0.3, -0.25) is 0 Å². The second kappa shape index (κ2) is 5.21. The molecule has 2 fully saturated rings. The normalized spacial score (nSPS) is 29.5. The van der Waals surface area contributed by atoms with E-state index < -0.39 is 10.0 Å². The summed E-state index contributed by atoms with van der Waals surface area (Å²) >= 11 is 0.